The second-order valence-corrected chi connectivity index (χ2v) is 21.7. The molecule has 0 fully saturated rings. The van der Waals surface area contributed by atoms with Crippen molar-refractivity contribution in [2.24, 2.45) is 0 Å². The van der Waals surface area contributed by atoms with Crippen molar-refractivity contribution in [3.63, 3.8) is 0 Å². The molecule has 0 aliphatic rings. The summed E-state index contributed by atoms with van der Waals surface area (Å²) in [6.45, 7) is 5.28. The van der Waals surface area contributed by atoms with Crippen LogP contribution in [0.2, 0.25) is 0 Å². The van der Waals surface area contributed by atoms with Crippen LogP contribution in [0, 0.1) is 0 Å². The lowest BCUT2D eigenvalue weighted by atomic mass is 10.0. The second-order valence-electron chi connectivity index (χ2n) is 20.3. The number of allylic oxidation sites excluding steroid dienone is 12. The van der Waals surface area contributed by atoms with E-state index in [-0.39, 0.29) is 25.8 Å². The molecule has 0 radical (unpaired) electrons. The molecule has 0 bridgehead atoms. The molecule has 0 saturated carbocycles. The van der Waals surface area contributed by atoms with E-state index in [1.807, 2.05) is 21.1 Å². The fourth-order valence-electron chi connectivity index (χ4n) is 7.91. The summed E-state index contributed by atoms with van der Waals surface area (Å²) in [4.78, 5) is 25.3. The van der Waals surface area contributed by atoms with Gasteiger partial charge in [-0.3, -0.25) is 9.36 Å². The Hall–Kier alpha value is -2.06. The lowest BCUT2D eigenvalue weighted by molar-refractivity contribution is -0.870. The van der Waals surface area contributed by atoms with E-state index in [0.29, 0.717) is 24.1 Å². The maximum absolute atomic E-state index is 12.8. The van der Waals surface area contributed by atoms with Gasteiger partial charge in [0.1, 0.15) is 19.3 Å². The smallest absolute Gasteiger partial charge is 0.306 e. The van der Waals surface area contributed by atoms with Crippen LogP contribution in [-0.4, -0.2) is 70.7 Å². The maximum Gasteiger partial charge on any atom is 0.306 e. The molecule has 0 N–H and O–H groups in total. The van der Waals surface area contributed by atoms with Gasteiger partial charge in [0.15, 0.2) is 0 Å². The predicted molar refractivity (Wildman–Crippen MR) is 296 cm³/mol. The quantitative estimate of drug-likeness (QED) is 0.0197. The van der Waals surface area contributed by atoms with Crippen LogP contribution < -0.4 is 4.89 Å². The van der Waals surface area contributed by atoms with Gasteiger partial charge < -0.3 is 27.9 Å². The Kier molecular flexibility index (Phi) is 50.7. The molecule has 0 saturated heterocycles. The molecule has 0 aromatic rings. The third-order valence-corrected chi connectivity index (χ3v) is 13.2. The van der Waals surface area contributed by atoms with Gasteiger partial charge in [-0.05, 0) is 64.2 Å². The molecule has 9 heteroatoms. The highest BCUT2D eigenvalue weighted by molar-refractivity contribution is 7.45. The number of quaternary nitrogens is 1. The van der Waals surface area contributed by atoms with Gasteiger partial charge in [0.05, 0.1) is 34.4 Å². The summed E-state index contributed by atoms with van der Waals surface area (Å²) < 4.78 is 34.8. The summed E-state index contributed by atoms with van der Waals surface area (Å²) in [5.74, 6) is -0.339. The molecule has 0 aliphatic carbocycles. The zero-order chi connectivity index (χ0) is 50.5. The van der Waals surface area contributed by atoms with Crippen molar-refractivity contribution in [3.8, 4) is 0 Å². The number of unbranched alkanes of at least 4 members (excludes halogenated alkanes) is 27. The Morgan fingerprint density at radius 1 is 0.464 bits per heavy atom. The van der Waals surface area contributed by atoms with Crippen LogP contribution in [0.5, 0.6) is 0 Å². The van der Waals surface area contributed by atoms with Gasteiger partial charge in [-0.1, -0.05) is 247 Å². The number of hydrogen-bond acceptors (Lipinski definition) is 7. The van der Waals surface area contributed by atoms with Crippen molar-refractivity contribution in [1.82, 2.24) is 0 Å². The minimum Gasteiger partial charge on any atom is -0.756 e. The zero-order valence-electron chi connectivity index (χ0n) is 45.7. The average Bonchev–Trinajstić information content (AvgIpc) is 3.31. The number of phosphoric ester groups is 1. The molecule has 69 heavy (non-hydrogen) atoms. The molecule has 0 heterocycles. The molecule has 0 spiro atoms. The molecular weight excluding hydrogens is 878 g/mol. The first-order valence-electron chi connectivity index (χ1n) is 28.7. The van der Waals surface area contributed by atoms with Crippen molar-refractivity contribution in [3.05, 3.63) is 72.9 Å². The number of ether oxygens (including phenoxy) is 2. The standard InChI is InChI=1S/C60H110NO7P/c1-6-8-10-12-14-16-18-20-22-24-26-28-30-32-34-36-38-40-42-44-46-48-50-52-55-65-57-59(58-67-69(63,64)66-56-54-61(3,4)5)68-60(62)53-51-49-47-45-43-41-39-37-35-33-31-29-27-25-23-21-19-17-15-13-11-9-7-2/h8,10,14,16,20,22,26,28,32,34,38,40,59H,6-7,9,11-13,15,17-19,21,23-25,27,29-31,33,35-37,39,41-58H2,1-5H3/b10-8-,16-14-,22-20-,28-26-,34-32-,40-38-. The molecule has 0 aromatic heterocycles. The number of nitrogens with zero attached hydrogens (tertiary/aromatic N) is 1. The summed E-state index contributed by atoms with van der Waals surface area (Å²) in [6, 6.07) is 0. The minimum atomic E-state index is -4.54. The molecule has 0 amide bonds. The largest absolute Gasteiger partial charge is 0.756 e. The van der Waals surface area contributed by atoms with Crippen LogP contribution in [0.4, 0.5) is 0 Å². The Morgan fingerprint density at radius 2 is 0.841 bits per heavy atom. The van der Waals surface area contributed by atoms with E-state index in [2.05, 4.69) is 86.8 Å². The molecule has 0 rings (SSSR count). The highest BCUT2D eigenvalue weighted by Crippen LogP contribution is 2.38. The summed E-state index contributed by atoms with van der Waals surface area (Å²) in [6.07, 6.45) is 69.4. The van der Waals surface area contributed by atoms with Gasteiger partial charge in [-0.2, -0.15) is 0 Å². The van der Waals surface area contributed by atoms with Gasteiger partial charge in [-0.15, -0.1) is 0 Å². The summed E-state index contributed by atoms with van der Waals surface area (Å²) in [5.41, 5.74) is 0. The maximum atomic E-state index is 12.8. The van der Waals surface area contributed by atoms with E-state index >= 15 is 0 Å². The third kappa shape index (κ3) is 56.7. The average molecular weight is 989 g/mol. The lowest BCUT2D eigenvalue weighted by Gasteiger charge is -2.28. The van der Waals surface area contributed by atoms with E-state index in [0.717, 1.165) is 83.5 Å². The van der Waals surface area contributed by atoms with Gasteiger partial charge in [-0.25, -0.2) is 0 Å². The Morgan fingerprint density at radius 3 is 1.26 bits per heavy atom. The normalized spacial score (nSPS) is 14.0. The van der Waals surface area contributed by atoms with Crippen LogP contribution in [0.3, 0.4) is 0 Å². The fourth-order valence-corrected chi connectivity index (χ4v) is 8.63. The Balaban J connectivity index is 4.13. The topological polar surface area (TPSA) is 94.1 Å². The molecule has 2 unspecified atom stereocenters. The van der Waals surface area contributed by atoms with E-state index in [1.54, 1.807) is 0 Å². The van der Waals surface area contributed by atoms with Crippen LogP contribution >= 0.6 is 7.82 Å². The van der Waals surface area contributed by atoms with Crippen molar-refractivity contribution in [1.29, 1.82) is 0 Å². The van der Waals surface area contributed by atoms with Gasteiger partial charge in [0.25, 0.3) is 7.82 Å². The van der Waals surface area contributed by atoms with Gasteiger partial charge in [0, 0.05) is 13.0 Å². The number of hydrogen-bond donors (Lipinski definition) is 0. The third-order valence-electron chi connectivity index (χ3n) is 12.3. The first kappa shape index (κ1) is 66.9. The van der Waals surface area contributed by atoms with Crippen molar-refractivity contribution in [2.45, 2.75) is 251 Å². The zero-order valence-corrected chi connectivity index (χ0v) is 46.6. The SMILES string of the molecule is CC/C=C\C/C=C\C/C=C\C/C=C\C/C=C\C/C=C\CCCCCCCOCC(COP(=O)([O-])OCC[N+](C)(C)C)OC(=O)CCCCCCCCCCCCCCCCCCCCCCCCC. The van der Waals surface area contributed by atoms with Crippen molar-refractivity contribution >= 4 is 13.8 Å². The molecule has 8 nitrogen and oxygen atoms in total. The number of esters is 1. The van der Waals surface area contributed by atoms with Crippen LogP contribution in [0.1, 0.15) is 245 Å². The Labute approximate surface area is 427 Å². The fraction of sp³-hybridized carbons (Fsp3) is 0.783. The van der Waals surface area contributed by atoms with Crippen LogP contribution in [0.15, 0.2) is 72.9 Å². The number of rotatable bonds is 53. The molecule has 0 aromatic carbocycles. The molecule has 402 valence electrons. The van der Waals surface area contributed by atoms with Crippen LogP contribution in [-0.2, 0) is 27.9 Å². The monoisotopic (exact) mass is 988 g/mol. The molecule has 2 atom stereocenters. The van der Waals surface area contributed by atoms with Crippen molar-refractivity contribution < 1.29 is 37.3 Å². The first-order chi connectivity index (χ1) is 33.6. The summed E-state index contributed by atoms with van der Waals surface area (Å²) in [5, 5.41) is 0. The highest BCUT2D eigenvalue weighted by Gasteiger charge is 2.20. The number of carbonyl (C=O) groups excluding carboxylic acids is 1. The predicted octanol–water partition coefficient (Wildman–Crippen LogP) is 17.5. The summed E-state index contributed by atoms with van der Waals surface area (Å²) >= 11 is 0. The Bertz CT molecular complexity index is 1330. The number of phosphoric acid groups is 1. The molecular formula is C60H110NO7P. The van der Waals surface area contributed by atoms with Gasteiger partial charge in [0.2, 0.25) is 0 Å². The summed E-state index contributed by atoms with van der Waals surface area (Å²) in [7, 11) is 1.34. The first-order valence-corrected chi connectivity index (χ1v) is 30.1. The van der Waals surface area contributed by atoms with E-state index in [9.17, 15) is 14.3 Å². The number of carbonyl (C=O) groups is 1. The highest BCUT2D eigenvalue weighted by atomic mass is 31.2. The van der Waals surface area contributed by atoms with Gasteiger partial charge >= 0.3 is 5.97 Å². The molecule has 0 aliphatic heterocycles. The van der Waals surface area contributed by atoms with Crippen molar-refractivity contribution in [2.75, 3.05) is 54.1 Å². The minimum absolute atomic E-state index is 0.0200. The van der Waals surface area contributed by atoms with Crippen LogP contribution in [0.25, 0.3) is 0 Å². The lowest BCUT2D eigenvalue weighted by Crippen LogP contribution is -2.37. The van der Waals surface area contributed by atoms with E-state index < -0.39 is 13.9 Å². The van der Waals surface area contributed by atoms with E-state index in [1.165, 1.54) is 141 Å². The number of likely N-dealkylation sites (N-methyl/N-ethyl adjacent to an activating group) is 1. The van der Waals surface area contributed by atoms with E-state index in [4.69, 9.17) is 18.5 Å². The second kappa shape index (κ2) is 52.3.